The van der Waals surface area contributed by atoms with E-state index in [0.717, 1.165) is 37.1 Å². The molecule has 0 aromatic heterocycles. The minimum absolute atomic E-state index is 0.144. The molecular formula is C22H16ClF5N2O2. The van der Waals surface area contributed by atoms with Gasteiger partial charge in [-0.15, -0.1) is 0 Å². The quantitative estimate of drug-likeness (QED) is 0.423. The van der Waals surface area contributed by atoms with Gasteiger partial charge in [0.15, 0.2) is 0 Å². The van der Waals surface area contributed by atoms with Gasteiger partial charge in [0.1, 0.15) is 5.70 Å². The zero-order valence-electron chi connectivity index (χ0n) is 16.3. The molecule has 1 aliphatic rings. The van der Waals surface area contributed by atoms with Crippen molar-refractivity contribution in [3.05, 3.63) is 81.9 Å². The Hall–Kier alpha value is -3.20. The van der Waals surface area contributed by atoms with Gasteiger partial charge < -0.3 is 10.6 Å². The Morgan fingerprint density at radius 1 is 1.06 bits per heavy atom. The molecular weight excluding hydrogens is 455 g/mol. The van der Waals surface area contributed by atoms with Crippen LogP contribution in [-0.4, -0.2) is 17.9 Å². The van der Waals surface area contributed by atoms with Crippen LogP contribution in [0.1, 0.15) is 39.9 Å². The minimum atomic E-state index is -4.72. The van der Waals surface area contributed by atoms with Gasteiger partial charge in [-0.2, -0.15) is 22.0 Å². The summed E-state index contributed by atoms with van der Waals surface area (Å²) in [6.45, 7) is 0. The molecule has 3 rings (SSSR count). The van der Waals surface area contributed by atoms with E-state index in [0.29, 0.717) is 11.6 Å². The first-order chi connectivity index (χ1) is 15.0. The normalized spacial score (nSPS) is 13.7. The molecule has 32 heavy (non-hydrogen) atoms. The van der Waals surface area contributed by atoms with Gasteiger partial charge in [-0.25, -0.2) is 0 Å². The highest BCUT2D eigenvalue weighted by atomic mass is 35.5. The average molecular weight is 471 g/mol. The van der Waals surface area contributed by atoms with Crippen LogP contribution in [-0.2, 0) is 11.0 Å². The second-order valence-corrected chi connectivity index (χ2v) is 7.43. The lowest BCUT2D eigenvalue weighted by molar-refractivity contribution is -0.137. The van der Waals surface area contributed by atoms with Crippen molar-refractivity contribution in [3.8, 4) is 0 Å². The molecule has 1 fully saturated rings. The molecule has 0 bridgehead atoms. The number of carbonyl (C=O) groups excluding carboxylic acids is 2. The lowest BCUT2D eigenvalue weighted by Gasteiger charge is -2.11. The molecule has 0 saturated heterocycles. The molecule has 2 N–H and O–H groups in total. The number of alkyl halides is 3. The molecule has 2 amide bonds. The summed E-state index contributed by atoms with van der Waals surface area (Å²) in [7, 11) is 0. The first-order valence-corrected chi connectivity index (χ1v) is 9.75. The fourth-order valence-corrected chi connectivity index (χ4v) is 3.00. The van der Waals surface area contributed by atoms with Gasteiger partial charge in [0, 0.05) is 17.7 Å². The van der Waals surface area contributed by atoms with Crippen molar-refractivity contribution < 1.29 is 31.5 Å². The van der Waals surface area contributed by atoms with E-state index in [2.05, 4.69) is 5.32 Å². The number of nitrogens with one attached hydrogen (secondary N) is 2. The molecule has 0 heterocycles. The summed E-state index contributed by atoms with van der Waals surface area (Å²) < 4.78 is 65.1. The summed E-state index contributed by atoms with van der Waals surface area (Å²) in [5.41, 5.74) is -1.97. The van der Waals surface area contributed by atoms with Crippen molar-refractivity contribution in [1.29, 1.82) is 0 Å². The Balaban J connectivity index is 1.71. The van der Waals surface area contributed by atoms with Crippen molar-refractivity contribution in [2.45, 2.75) is 25.1 Å². The van der Waals surface area contributed by atoms with Crippen molar-refractivity contribution in [2.75, 3.05) is 0 Å². The van der Waals surface area contributed by atoms with E-state index in [9.17, 15) is 31.5 Å². The Morgan fingerprint density at radius 3 is 2.38 bits per heavy atom. The summed E-state index contributed by atoms with van der Waals surface area (Å²) in [6.07, 6.45) is -3.06. The second-order valence-electron chi connectivity index (χ2n) is 7.02. The van der Waals surface area contributed by atoms with E-state index >= 15 is 0 Å². The zero-order valence-corrected chi connectivity index (χ0v) is 17.0. The van der Waals surface area contributed by atoms with Crippen LogP contribution >= 0.6 is 11.6 Å². The number of amides is 2. The standard InChI is InChI=1S/C22H16ClF5N2O2/c23-17-10-12(4-8-16(17)21(32)29-15-6-7-15)5-9-18(31)30-19(20(24)25)13-2-1-3-14(11-13)22(26,27)28/h1-5,8-11,15H,6-7H2,(H,29,32)(H,30,31)/b9-5+. The number of hydrogen-bond acceptors (Lipinski definition) is 2. The van der Waals surface area contributed by atoms with Crippen LogP contribution < -0.4 is 10.6 Å². The van der Waals surface area contributed by atoms with E-state index < -0.39 is 35.0 Å². The van der Waals surface area contributed by atoms with Crippen LogP contribution in [0.15, 0.2) is 54.6 Å². The Morgan fingerprint density at radius 2 is 1.78 bits per heavy atom. The number of hydrogen-bond donors (Lipinski definition) is 2. The van der Waals surface area contributed by atoms with Crippen LogP contribution in [0, 0.1) is 0 Å². The number of rotatable bonds is 6. The van der Waals surface area contributed by atoms with Crippen molar-refractivity contribution in [3.63, 3.8) is 0 Å². The van der Waals surface area contributed by atoms with Crippen LogP contribution in [0.4, 0.5) is 22.0 Å². The van der Waals surface area contributed by atoms with Crippen molar-refractivity contribution in [1.82, 2.24) is 10.6 Å². The third-order valence-corrected chi connectivity index (χ3v) is 4.81. The first-order valence-electron chi connectivity index (χ1n) is 9.37. The van der Waals surface area contributed by atoms with Crippen LogP contribution in [0.3, 0.4) is 0 Å². The molecule has 2 aromatic rings. The maximum Gasteiger partial charge on any atom is 0.416 e. The highest BCUT2D eigenvalue weighted by Crippen LogP contribution is 2.31. The smallest absolute Gasteiger partial charge is 0.349 e. The zero-order chi connectivity index (χ0) is 23.5. The summed E-state index contributed by atoms with van der Waals surface area (Å²) >= 11 is 6.11. The molecule has 0 unspecified atom stereocenters. The van der Waals surface area contributed by atoms with Gasteiger partial charge in [0.25, 0.3) is 12.0 Å². The van der Waals surface area contributed by atoms with Crippen molar-refractivity contribution >= 4 is 35.2 Å². The number of halogens is 6. The summed E-state index contributed by atoms with van der Waals surface area (Å²) in [4.78, 5) is 24.2. The average Bonchev–Trinajstić information content (AvgIpc) is 3.53. The lowest BCUT2D eigenvalue weighted by atomic mass is 10.1. The Bertz CT molecular complexity index is 1100. The number of benzene rings is 2. The lowest BCUT2D eigenvalue weighted by Crippen LogP contribution is -2.25. The molecule has 1 aliphatic carbocycles. The molecule has 168 valence electrons. The van der Waals surface area contributed by atoms with E-state index in [1.54, 1.807) is 0 Å². The second kappa shape index (κ2) is 9.52. The van der Waals surface area contributed by atoms with Crippen LogP contribution in [0.5, 0.6) is 0 Å². The highest BCUT2D eigenvalue weighted by Gasteiger charge is 2.31. The van der Waals surface area contributed by atoms with Gasteiger partial charge in [0.2, 0.25) is 5.91 Å². The van der Waals surface area contributed by atoms with E-state index in [4.69, 9.17) is 11.6 Å². The fraction of sp³-hybridized carbons (Fsp3) is 0.182. The summed E-state index contributed by atoms with van der Waals surface area (Å²) in [5.74, 6) is -1.31. The van der Waals surface area contributed by atoms with Gasteiger partial charge in [-0.05, 0) is 48.7 Å². The summed E-state index contributed by atoms with van der Waals surface area (Å²) in [6, 6.07) is 7.79. The topological polar surface area (TPSA) is 58.2 Å². The third kappa shape index (κ3) is 6.16. The summed E-state index contributed by atoms with van der Waals surface area (Å²) in [5, 5.41) is 4.83. The molecule has 1 saturated carbocycles. The largest absolute Gasteiger partial charge is 0.416 e. The molecule has 0 aliphatic heterocycles. The third-order valence-electron chi connectivity index (χ3n) is 4.49. The Labute approximate surface area is 184 Å². The van der Waals surface area contributed by atoms with E-state index in [1.807, 2.05) is 5.32 Å². The van der Waals surface area contributed by atoms with Crippen LogP contribution in [0.25, 0.3) is 11.8 Å². The molecule has 2 aromatic carbocycles. The number of carbonyl (C=O) groups is 2. The van der Waals surface area contributed by atoms with E-state index in [-0.39, 0.29) is 22.5 Å². The molecule has 10 heteroatoms. The van der Waals surface area contributed by atoms with Crippen molar-refractivity contribution in [2.24, 2.45) is 0 Å². The SMILES string of the molecule is O=C(/C=C/c1ccc(C(=O)NC2CC2)c(Cl)c1)NC(=C(F)F)c1cccc(C(F)(F)F)c1. The highest BCUT2D eigenvalue weighted by molar-refractivity contribution is 6.34. The Kier molecular flexibility index (Phi) is 6.98. The predicted octanol–water partition coefficient (Wildman–Crippen LogP) is 5.65. The van der Waals surface area contributed by atoms with Gasteiger partial charge in [-0.1, -0.05) is 29.8 Å². The van der Waals surface area contributed by atoms with Crippen LogP contribution in [0.2, 0.25) is 5.02 Å². The van der Waals surface area contributed by atoms with Gasteiger partial charge in [-0.3, -0.25) is 9.59 Å². The fourth-order valence-electron chi connectivity index (χ4n) is 2.73. The first kappa shape index (κ1) is 23.5. The molecule has 4 nitrogen and oxygen atoms in total. The molecule has 0 radical (unpaired) electrons. The van der Waals surface area contributed by atoms with E-state index in [1.165, 1.54) is 24.3 Å². The van der Waals surface area contributed by atoms with Gasteiger partial charge in [0.05, 0.1) is 16.1 Å². The molecule has 0 spiro atoms. The monoisotopic (exact) mass is 470 g/mol. The minimum Gasteiger partial charge on any atom is -0.349 e. The van der Waals surface area contributed by atoms with Gasteiger partial charge >= 0.3 is 6.18 Å². The molecule has 0 atom stereocenters. The predicted molar refractivity (Wildman–Crippen MR) is 110 cm³/mol. The maximum atomic E-state index is 13.3. The maximum absolute atomic E-state index is 13.3.